The molecule has 3 aromatic rings. The van der Waals surface area contributed by atoms with Crippen molar-refractivity contribution in [2.45, 2.75) is 13.5 Å². The smallest absolute Gasteiger partial charge is 0.276 e. The summed E-state index contributed by atoms with van der Waals surface area (Å²) in [6, 6.07) is 22.1. The van der Waals surface area contributed by atoms with Gasteiger partial charge in [-0.1, -0.05) is 54.1 Å². The Labute approximate surface area is 158 Å². The van der Waals surface area contributed by atoms with E-state index in [-0.39, 0.29) is 23.2 Å². The molecule has 0 unspecified atom stereocenters. The van der Waals surface area contributed by atoms with Gasteiger partial charge in [0.25, 0.3) is 11.8 Å². The molecule has 0 saturated carbocycles. The molecule has 0 bridgehead atoms. The third-order valence-corrected chi connectivity index (χ3v) is 4.18. The average molecular weight is 359 g/mol. The number of carbonyl (C=O) groups is 2. The Bertz CT molecular complexity index is 955. The second-order valence-electron chi connectivity index (χ2n) is 6.28. The van der Waals surface area contributed by atoms with E-state index >= 15 is 0 Å². The van der Waals surface area contributed by atoms with E-state index in [1.807, 2.05) is 61.5 Å². The van der Waals surface area contributed by atoms with Crippen LogP contribution >= 0.6 is 0 Å². The fraction of sp³-hybridized carbons (Fsp3) is 0.136. The van der Waals surface area contributed by atoms with Crippen LogP contribution in [0.25, 0.3) is 0 Å². The van der Waals surface area contributed by atoms with E-state index in [9.17, 15) is 9.59 Å². The molecule has 5 heteroatoms. The van der Waals surface area contributed by atoms with Crippen LogP contribution in [0.5, 0.6) is 0 Å². The number of anilines is 1. The van der Waals surface area contributed by atoms with E-state index in [1.165, 1.54) is 4.90 Å². The van der Waals surface area contributed by atoms with Gasteiger partial charge in [0.2, 0.25) is 0 Å². The molecule has 0 spiro atoms. The Hall–Kier alpha value is -3.47. The third kappa shape index (κ3) is 4.58. The molecule has 1 aromatic heterocycles. The minimum Gasteiger partial charge on any atom is -0.347 e. The van der Waals surface area contributed by atoms with Crippen LogP contribution in [0.1, 0.15) is 32.1 Å². The lowest BCUT2D eigenvalue weighted by Gasteiger charge is -2.17. The summed E-state index contributed by atoms with van der Waals surface area (Å²) >= 11 is 0. The predicted octanol–water partition coefficient (Wildman–Crippen LogP) is 3.60. The maximum Gasteiger partial charge on any atom is 0.276 e. The number of pyridine rings is 1. The molecular weight excluding hydrogens is 338 g/mol. The zero-order chi connectivity index (χ0) is 19.2. The lowest BCUT2D eigenvalue weighted by molar-refractivity contribution is 0.0945. The fourth-order valence-electron chi connectivity index (χ4n) is 2.72. The van der Waals surface area contributed by atoms with Gasteiger partial charge >= 0.3 is 0 Å². The first-order chi connectivity index (χ1) is 13.0. The number of nitrogens with zero attached hydrogens (tertiary/aromatic N) is 2. The number of hydrogen-bond donors (Lipinski definition) is 1. The zero-order valence-electron chi connectivity index (χ0n) is 15.3. The number of aromatic nitrogens is 1. The van der Waals surface area contributed by atoms with Gasteiger partial charge in [0, 0.05) is 19.3 Å². The lowest BCUT2D eigenvalue weighted by Crippen LogP contribution is -2.29. The maximum atomic E-state index is 12.7. The van der Waals surface area contributed by atoms with Gasteiger partial charge in [-0.25, -0.2) is 4.98 Å². The number of benzene rings is 2. The average Bonchev–Trinajstić information content (AvgIpc) is 2.71. The van der Waals surface area contributed by atoms with Gasteiger partial charge in [0.05, 0.1) is 0 Å². The summed E-state index contributed by atoms with van der Waals surface area (Å²) in [7, 11) is 1.68. The van der Waals surface area contributed by atoms with Crippen molar-refractivity contribution in [2.75, 3.05) is 11.9 Å². The van der Waals surface area contributed by atoms with E-state index in [0.717, 1.165) is 16.8 Å². The first kappa shape index (κ1) is 18.3. The molecule has 0 aliphatic carbocycles. The number of para-hydroxylation sites is 1. The normalized spacial score (nSPS) is 10.3. The summed E-state index contributed by atoms with van der Waals surface area (Å²) in [5, 5.41) is 2.84. The zero-order valence-corrected chi connectivity index (χ0v) is 15.3. The van der Waals surface area contributed by atoms with Crippen LogP contribution in [-0.2, 0) is 6.54 Å². The van der Waals surface area contributed by atoms with Crippen molar-refractivity contribution in [3.63, 3.8) is 0 Å². The van der Waals surface area contributed by atoms with Gasteiger partial charge in [-0.05, 0) is 36.8 Å². The van der Waals surface area contributed by atoms with Gasteiger partial charge in [-0.2, -0.15) is 0 Å². The first-order valence-corrected chi connectivity index (χ1v) is 8.68. The molecule has 0 aliphatic heterocycles. The molecule has 0 fully saturated rings. The monoisotopic (exact) mass is 359 g/mol. The topological polar surface area (TPSA) is 62.3 Å². The molecule has 0 radical (unpaired) electrons. The molecule has 2 amide bonds. The highest BCUT2D eigenvalue weighted by molar-refractivity contribution is 6.05. The fourth-order valence-corrected chi connectivity index (χ4v) is 2.72. The van der Waals surface area contributed by atoms with E-state index in [1.54, 1.807) is 25.2 Å². The summed E-state index contributed by atoms with van der Waals surface area (Å²) in [5.41, 5.74) is 3.36. The molecule has 2 aromatic carbocycles. The van der Waals surface area contributed by atoms with Crippen molar-refractivity contribution >= 4 is 17.5 Å². The van der Waals surface area contributed by atoms with Crippen LogP contribution < -0.4 is 10.2 Å². The Morgan fingerprint density at radius 2 is 1.63 bits per heavy atom. The highest BCUT2D eigenvalue weighted by atomic mass is 16.2. The Balaban J connectivity index is 1.71. The number of aryl methyl sites for hydroxylation is 1. The highest BCUT2D eigenvalue weighted by Gasteiger charge is 2.17. The Morgan fingerprint density at radius 1 is 0.926 bits per heavy atom. The van der Waals surface area contributed by atoms with Gasteiger partial charge in [-0.3, -0.25) is 9.59 Å². The van der Waals surface area contributed by atoms with Crippen molar-refractivity contribution in [2.24, 2.45) is 0 Å². The van der Waals surface area contributed by atoms with Crippen LogP contribution in [0, 0.1) is 6.92 Å². The van der Waals surface area contributed by atoms with Crippen LogP contribution in [0.15, 0.2) is 72.8 Å². The molecular formula is C22H21N3O2. The van der Waals surface area contributed by atoms with Crippen molar-refractivity contribution in [3.05, 3.63) is 95.3 Å². The molecule has 0 aliphatic rings. The number of amides is 2. The van der Waals surface area contributed by atoms with Crippen LogP contribution in [0.3, 0.4) is 0 Å². The maximum absolute atomic E-state index is 12.7. The van der Waals surface area contributed by atoms with Crippen molar-refractivity contribution < 1.29 is 9.59 Å². The molecule has 1 N–H and O–H groups in total. The summed E-state index contributed by atoms with van der Waals surface area (Å²) in [4.78, 5) is 30.8. The van der Waals surface area contributed by atoms with E-state index in [0.29, 0.717) is 6.54 Å². The van der Waals surface area contributed by atoms with Crippen LogP contribution in [0.2, 0.25) is 0 Å². The number of hydrogen-bond acceptors (Lipinski definition) is 3. The standard InChI is InChI=1S/C22H21N3O2/c1-16-8-6-9-17(14-16)15-23-21(26)19-12-7-13-20(24-19)22(27)25(2)18-10-4-3-5-11-18/h3-14H,15H2,1-2H3,(H,23,26). The summed E-state index contributed by atoms with van der Waals surface area (Å²) < 4.78 is 0. The minimum absolute atomic E-state index is 0.218. The van der Waals surface area contributed by atoms with E-state index in [4.69, 9.17) is 0 Å². The van der Waals surface area contributed by atoms with Crippen molar-refractivity contribution in [1.82, 2.24) is 10.3 Å². The molecule has 5 nitrogen and oxygen atoms in total. The van der Waals surface area contributed by atoms with Gasteiger partial charge in [0.1, 0.15) is 11.4 Å². The summed E-state index contributed by atoms with van der Waals surface area (Å²) in [6.45, 7) is 2.41. The third-order valence-electron chi connectivity index (χ3n) is 4.18. The lowest BCUT2D eigenvalue weighted by atomic mass is 10.1. The molecule has 27 heavy (non-hydrogen) atoms. The summed E-state index contributed by atoms with van der Waals surface area (Å²) in [5.74, 6) is -0.581. The van der Waals surface area contributed by atoms with Crippen LogP contribution in [0.4, 0.5) is 5.69 Å². The number of carbonyl (C=O) groups excluding carboxylic acids is 2. The Morgan fingerprint density at radius 3 is 2.37 bits per heavy atom. The molecule has 3 rings (SSSR count). The number of nitrogens with one attached hydrogen (secondary N) is 1. The van der Waals surface area contributed by atoms with Crippen LogP contribution in [-0.4, -0.2) is 23.8 Å². The van der Waals surface area contributed by atoms with Crippen molar-refractivity contribution in [1.29, 1.82) is 0 Å². The highest BCUT2D eigenvalue weighted by Crippen LogP contribution is 2.14. The number of rotatable bonds is 5. The largest absolute Gasteiger partial charge is 0.347 e. The van der Waals surface area contributed by atoms with Crippen molar-refractivity contribution in [3.8, 4) is 0 Å². The quantitative estimate of drug-likeness (QED) is 0.757. The molecule has 0 saturated heterocycles. The second kappa shape index (κ2) is 8.27. The molecule has 1 heterocycles. The Kier molecular flexibility index (Phi) is 5.61. The molecule has 136 valence electrons. The SMILES string of the molecule is Cc1cccc(CNC(=O)c2cccc(C(=O)N(C)c3ccccc3)n2)c1. The second-order valence-corrected chi connectivity index (χ2v) is 6.28. The van der Waals surface area contributed by atoms with Gasteiger partial charge in [-0.15, -0.1) is 0 Å². The first-order valence-electron chi connectivity index (χ1n) is 8.68. The summed E-state index contributed by atoms with van der Waals surface area (Å²) in [6.07, 6.45) is 0. The predicted molar refractivity (Wildman–Crippen MR) is 106 cm³/mol. The minimum atomic E-state index is -0.312. The van der Waals surface area contributed by atoms with E-state index < -0.39 is 0 Å². The molecule has 0 atom stereocenters. The van der Waals surface area contributed by atoms with Gasteiger partial charge < -0.3 is 10.2 Å². The van der Waals surface area contributed by atoms with Gasteiger partial charge in [0.15, 0.2) is 0 Å². The van der Waals surface area contributed by atoms with E-state index in [2.05, 4.69) is 10.3 Å².